The third-order valence-electron chi connectivity index (χ3n) is 4.69. The standard InChI is InChI=1S/C17H33NO3/c19-13-12-18-14-16-15-20-17(21-16)10-8-6-4-2-1-3-5-7-9-11-17/h16,18-19H,1-15H2/t16-/m1/s1. The number of rotatable bonds is 4. The predicted molar refractivity (Wildman–Crippen MR) is 84.3 cm³/mol. The van der Waals surface area contributed by atoms with E-state index in [1.165, 1.54) is 57.8 Å². The molecular formula is C17H33NO3. The molecule has 1 aliphatic heterocycles. The maximum Gasteiger partial charge on any atom is 0.168 e. The smallest absolute Gasteiger partial charge is 0.168 e. The Kier molecular flexibility index (Phi) is 8.01. The molecule has 4 nitrogen and oxygen atoms in total. The summed E-state index contributed by atoms with van der Waals surface area (Å²) in [6.45, 7) is 2.28. The Balaban J connectivity index is 1.79. The molecule has 0 aromatic heterocycles. The number of ether oxygens (including phenoxy) is 2. The normalized spacial score (nSPS) is 28.1. The number of hydrogen-bond donors (Lipinski definition) is 2. The predicted octanol–water partition coefficient (Wildman–Crippen LogP) is 2.98. The van der Waals surface area contributed by atoms with Crippen LogP contribution in [-0.4, -0.2) is 43.3 Å². The van der Waals surface area contributed by atoms with Gasteiger partial charge in [0.2, 0.25) is 0 Å². The Morgan fingerprint density at radius 3 is 2.05 bits per heavy atom. The van der Waals surface area contributed by atoms with Crippen LogP contribution < -0.4 is 5.32 Å². The van der Waals surface area contributed by atoms with E-state index in [0.717, 1.165) is 19.4 Å². The van der Waals surface area contributed by atoms with Crippen molar-refractivity contribution in [2.45, 2.75) is 82.5 Å². The van der Waals surface area contributed by atoms with Crippen LogP contribution in [-0.2, 0) is 9.47 Å². The van der Waals surface area contributed by atoms with Crippen molar-refractivity contribution < 1.29 is 14.6 Å². The van der Waals surface area contributed by atoms with E-state index in [1.54, 1.807) is 0 Å². The van der Waals surface area contributed by atoms with Crippen molar-refractivity contribution in [3.05, 3.63) is 0 Å². The first-order valence-corrected chi connectivity index (χ1v) is 8.98. The first-order valence-electron chi connectivity index (χ1n) is 8.98. The fraction of sp³-hybridized carbons (Fsp3) is 1.00. The quantitative estimate of drug-likeness (QED) is 0.784. The topological polar surface area (TPSA) is 50.7 Å². The lowest BCUT2D eigenvalue weighted by Crippen LogP contribution is -2.35. The van der Waals surface area contributed by atoms with Crippen LogP contribution >= 0.6 is 0 Å². The third kappa shape index (κ3) is 6.23. The first-order chi connectivity index (χ1) is 10.3. The second-order valence-corrected chi connectivity index (χ2v) is 6.57. The van der Waals surface area contributed by atoms with Gasteiger partial charge in [-0.05, 0) is 12.8 Å². The largest absolute Gasteiger partial charge is 0.395 e. The maximum atomic E-state index is 8.82. The van der Waals surface area contributed by atoms with E-state index in [9.17, 15) is 0 Å². The molecule has 124 valence electrons. The lowest BCUT2D eigenvalue weighted by atomic mass is 9.97. The van der Waals surface area contributed by atoms with Gasteiger partial charge < -0.3 is 19.9 Å². The van der Waals surface area contributed by atoms with Gasteiger partial charge in [0.05, 0.1) is 19.3 Å². The second-order valence-electron chi connectivity index (χ2n) is 6.57. The molecule has 2 N–H and O–H groups in total. The van der Waals surface area contributed by atoms with Crippen molar-refractivity contribution in [3.8, 4) is 0 Å². The van der Waals surface area contributed by atoms with E-state index in [0.29, 0.717) is 13.2 Å². The molecule has 0 aromatic carbocycles. The molecule has 1 atom stereocenters. The zero-order valence-corrected chi connectivity index (χ0v) is 13.4. The summed E-state index contributed by atoms with van der Waals surface area (Å²) in [7, 11) is 0. The molecule has 2 aliphatic rings. The highest BCUT2D eigenvalue weighted by Crippen LogP contribution is 2.34. The third-order valence-corrected chi connectivity index (χ3v) is 4.69. The van der Waals surface area contributed by atoms with E-state index in [4.69, 9.17) is 14.6 Å². The molecule has 0 unspecified atom stereocenters. The van der Waals surface area contributed by atoms with Crippen molar-refractivity contribution in [2.24, 2.45) is 0 Å². The molecule has 1 heterocycles. The van der Waals surface area contributed by atoms with Gasteiger partial charge in [-0.1, -0.05) is 44.9 Å². The zero-order valence-electron chi connectivity index (χ0n) is 13.4. The summed E-state index contributed by atoms with van der Waals surface area (Å²) >= 11 is 0. The van der Waals surface area contributed by atoms with Crippen LogP contribution in [0.3, 0.4) is 0 Å². The lowest BCUT2D eigenvalue weighted by Gasteiger charge is -2.29. The molecule has 0 amide bonds. The van der Waals surface area contributed by atoms with Gasteiger partial charge in [-0.25, -0.2) is 0 Å². The summed E-state index contributed by atoms with van der Waals surface area (Å²) in [6, 6.07) is 0. The van der Waals surface area contributed by atoms with Crippen molar-refractivity contribution in [1.82, 2.24) is 5.32 Å². The van der Waals surface area contributed by atoms with Crippen molar-refractivity contribution in [2.75, 3.05) is 26.3 Å². The second kappa shape index (κ2) is 9.78. The molecule has 0 radical (unpaired) electrons. The average Bonchev–Trinajstić information content (AvgIpc) is 2.87. The molecule has 0 aromatic rings. The summed E-state index contributed by atoms with van der Waals surface area (Å²) in [5, 5.41) is 12.0. The summed E-state index contributed by atoms with van der Waals surface area (Å²) < 4.78 is 12.4. The molecule has 1 aliphatic carbocycles. The van der Waals surface area contributed by atoms with Crippen LogP contribution in [0.5, 0.6) is 0 Å². The minimum Gasteiger partial charge on any atom is -0.395 e. The van der Waals surface area contributed by atoms with Crippen molar-refractivity contribution in [1.29, 1.82) is 0 Å². The van der Waals surface area contributed by atoms with Gasteiger partial charge in [0.25, 0.3) is 0 Å². The van der Waals surface area contributed by atoms with Crippen LogP contribution in [0.1, 0.15) is 70.6 Å². The minimum absolute atomic E-state index is 0.143. The monoisotopic (exact) mass is 299 g/mol. The SMILES string of the molecule is OCCNC[C@@H]1COC2(CCCCCCCCCCC2)O1. The van der Waals surface area contributed by atoms with Crippen LogP contribution in [0, 0.1) is 0 Å². The first kappa shape index (κ1) is 17.2. The van der Waals surface area contributed by atoms with Crippen LogP contribution in [0.15, 0.2) is 0 Å². The lowest BCUT2D eigenvalue weighted by molar-refractivity contribution is -0.179. The number of hydrogen-bond acceptors (Lipinski definition) is 4. The van der Waals surface area contributed by atoms with Gasteiger partial charge in [-0.15, -0.1) is 0 Å². The van der Waals surface area contributed by atoms with Gasteiger partial charge in [0.15, 0.2) is 5.79 Å². The molecule has 1 saturated carbocycles. The van der Waals surface area contributed by atoms with Crippen molar-refractivity contribution >= 4 is 0 Å². The van der Waals surface area contributed by atoms with Gasteiger partial charge in [0.1, 0.15) is 0 Å². The van der Waals surface area contributed by atoms with Gasteiger partial charge in [-0.3, -0.25) is 0 Å². The summed E-state index contributed by atoms with van der Waals surface area (Å²) in [5.74, 6) is -0.315. The molecule has 21 heavy (non-hydrogen) atoms. The molecule has 4 heteroatoms. The fourth-order valence-electron chi connectivity index (χ4n) is 3.47. The Hall–Kier alpha value is -0.160. The van der Waals surface area contributed by atoms with Gasteiger partial charge in [-0.2, -0.15) is 0 Å². The molecule has 1 saturated heterocycles. The Labute approximate surface area is 129 Å². The van der Waals surface area contributed by atoms with Crippen molar-refractivity contribution in [3.63, 3.8) is 0 Å². The minimum atomic E-state index is -0.315. The summed E-state index contributed by atoms with van der Waals surface area (Å²) in [6.07, 6.45) is 14.2. The van der Waals surface area contributed by atoms with Crippen LogP contribution in [0.4, 0.5) is 0 Å². The Bertz CT molecular complexity index is 261. The maximum absolute atomic E-state index is 8.82. The highest BCUT2D eigenvalue weighted by molar-refractivity contribution is 4.81. The molecule has 1 spiro atoms. The highest BCUT2D eigenvalue weighted by atomic mass is 16.7. The average molecular weight is 299 g/mol. The molecular weight excluding hydrogens is 266 g/mol. The molecule has 2 rings (SSSR count). The van der Waals surface area contributed by atoms with E-state index < -0.39 is 0 Å². The van der Waals surface area contributed by atoms with E-state index in [1.807, 2.05) is 0 Å². The number of nitrogens with one attached hydrogen (secondary N) is 1. The van der Waals surface area contributed by atoms with Crippen LogP contribution in [0.2, 0.25) is 0 Å². The van der Waals surface area contributed by atoms with Crippen LogP contribution in [0.25, 0.3) is 0 Å². The van der Waals surface area contributed by atoms with E-state index in [2.05, 4.69) is 5.32 Å². The summed E-state index contributed by atoms with van der Waals surface area (Å²) in [5.41, 5.74) is 0. The number of aliphatic hydroxyl groups is 1. The molecule has 0 bridgehead atoms. The van der Waals surface area contributed by atoms with Gasteiger partial charge in [0, 0.05) is 25.9 Å². The van der Waals surface area contributed by atoms with E-state index in [-0.39, 0.29) is 18.5 Å². The highest BCUT2D eigenvalue weighted by Gasteiger charge is 2.40. The zero-order chi connectivity index (χ0) is 14.8. The molecule has 2 fully saturated rings. The Morgan fingerprint density at radius 2 is 1.48 bits per heavy atom. The fourth-order valence-corrected chi connectivity index (χ4v) is 3.47. The number of aliphatic hydroxyl groups excluding tert-OH is 1. The summed E-state index contributed by atoms with van der Waals surface area (Å²) in [4.78, 5) is 0. The Morgan fingerprint density at radius 1 is 0.905 bits per heavy atom. The van der Waals surface area contributed by atoms with E-state index >= 15 is 0 Å². The van der Waals surface area contributed by atoms with Gasteiger partial charge >= 0.3 is 0 Å².